The number of hydrogen-bond acceptors (Lipinski definition) is 5. The van der Waals surface area contributed by atoms with Crippen molar-refractivity contribution in [1.82, 2.24) is 10.3 Å². The number of amides is 1. The smallest absolute Gasteiger partial charge is 0.316 e. The molecule has 3 aromatic rings. The predicted octanol–water partition coefficient (Wildman–Crippen LogP) is 3.41. The van der Waals surface area contributed by atoms with Gasteiger partial charge in [0.15, 0.2) is 4.34 Å². The van der Waals surface area contributed by atoms with E-state index in [1.165, 1.54) is 23.1 Å². The van der Waals surface area contributed by atoms with E-state index >= 15 is 0 Å². The molecule has 3 rings (SSSR count). The van der Waals surface area contributed by atoms with E-state index in [9.17, 15) is 14.7 Å². The summed E-state index contributed by atoms with van der Waals surface area (Å²) < 4.78 is 1.81. The van der Waals surface area contributed by atoms with Crippen LogP contribution in [0.1, 0.15) is 5.56 Å². The van der Waals surface area contributed by atoms with Crippen LogP contribution in [-0.2, 0) is 16.1 Å². The number of rotatable bonds is 7. The predicted molar refractivity (Wildman–Crippen MR) is 99.8 cm³/mol. The monoisotopic (exact) mass is 372 g/mol. The Labute approximate surface area is 153 Å². The summed E-state index contributed by atoms with van der Waals surface area (Å²) in [7, 11) is 0. The average molecular weight is 372 g/mol. The first-order chi connectivity index (χ1) is 12.1. The van der Waals surface area contributed by atoms with Crippen molar-refractivity contribution in [2.75, 3.05) is 5.75 Å². The third-order valence-corrected chi connectivity index (χ3v) is 5.84. The third kappa shape index (κ3) is 4.58. The molecule has 1 atom stereocenters. The van der Waals surface area contributed by atoms with Gasteiger partial charge in [-0.1, -0.05) is 54.2 Å². The first kappa shape index (κ1) is 17.4. The van der Waals surface area contributed by atoms with E-state index in [4.69, 9.17) is 0 Å². The molecule has 25 heavy (non-hydrogen) atoms. The molecule has 0 saturated carbocycles. The molecule has 128 valence electrons. The van der Waals surface area contributed by atoms with Gasteiger partial charge in [-0.3, -0.25) is 9.59 Å². The van der Waals surface area contributed by atoms with Gasteiger partial charge in [-0.25, -0.2) is 4.98 Å². The van der Waals surface area contributed by atoms with Gasteiger partial charge in [0.1, 0.15) is 5.92 Å². The summed E-state index contributed by atoms with van der Waals surface area (Å²) in [4.78, 5) is 28.1. The van der Waals surface area contributed by atoms with Gasteiger partial charge in [0.2, 0.25) is 5.91 Å². The second kappa shape index (κ2) is 8.13. The van der Waals surface area contributed by atoms with E-state index in [2.05, 4.69) is 10.3 Å². The third-order valence-electron chi connectivity index (χ3n) is 3.57. The zero-order valence-electron chi connectivity index (χ0n) is 13.2. The molecule has 1 aromatic heterocycles. The SMILES string of the molecule is O=C(O)C(CSc1nc2ccccc2s1)C(=O)NCc1ccccc1. The molecule has 1 unspecified atom stereocenters. The quantitative estimate of drug-likeness (QED) is 0.491. The minimum absolute atomic E-state index is 0.149. The molecule has 0 aliphatic heterocycles. The first-order valence-corrected chi connectivity index (χ1v) is 9.46. The van der Waals surface area contributed by atoms with E-state index < -0.39 is 17.8 Å². The van der Waals surface area contributed by atoms with Gasteiger partial charge in [0, 0.05) is 12.3 Å². The molecular weight excluding hydrogens is 356 g/mol. The van der Waals surface area contributed by atoms with E-state index in [1.54, 1.807) is 0 Å². The zero-order chi connectivity index (χ0) is 17.6. The maximum absolute atomic E-state index is 12.2. The number of thioether (sulfide) groups is 1. The summed E-state index contributed by atoms with van der Waals surface area (Å²) >= 11 is 2.80. The molecular formula is C18H16N2O3S2. The van der Waals surface area contributed by atoms with Crippen LogP contribution < -0.4 is 5.32 Å². The van der Waals surface area contributed by atoms with Crippen molar-refractivity contribution in [2.45, 2.75) is 10.9 Å². The van der Waals surface area contributed by atoms with Crippen LogP contribution in [0.5, 0.6) is 0 Å². The maximum Gasteiger partial charge on any atom is 0.316 e. The minimum Gasteiger partial charge on any atom is -0.481 e. The number of carboxylic acids is 1. The highest BCUT2D eigenvalue weighted by atomic mass is 32.2. The van der Waals surface area contributed by atoms with Crippen LogP contribution in [0.25, 0.3) is 10.2 Å². The summed E-state index contributed by atoms with van der Waals surface area (Å²) in [6.45, 7) is 0.315. The molecule has 2 N–H and O–H groups in total. The number of nitrogens with zero attached hydrogens (tertiary/aromatic N) is 1. The van der Waals surface area contributed by atoms with Crippen LogP contribution in [0, 0.1) is 5.92 Å². The second-order valence-electron chi connectivity index (χ2n) is 5.35. The van der Waals surface area contributed by atoms with Crippen LogP contribution in [0.4, 0.5) is 0 Å². The van der Waals surface area contributed by atoms with Gasteiger partial charge in [-0.2, -0.15) is 0 Å². The number of benzene rings is 2. The highest BCUT2D eigenvalue weighted by Gasteiger charge is 2.26. The Morgan fingerprint density at radius 3 is 2.56 bits per heavy atom. The topological polar surface area (TPSA) is 79.3 Å². The Balaban J connectivity index is 1.60. The summed E-state index contributed by atoms with van der Waals surface area (Å²) in [6, 6.07) is 17.1. The average Bonchev–Trinajstić information content (AvgIpc) is 3.03. The van der Waals surface area contributed by atoms with Gasteiger partial charge in [0.05, 0.1) is 10.2 Å². The number of para-hydroxylation sites is 1. The zero-order valence-corrected chi connectivity index (χ0v) is 14.8. The largest absolute Gasteiger partial charge is 0.481 e. The molecule has 2 aromatic carbocycles. The van der Waals surface area contributed by atoms with Gasteiger partial charge < -0.3 is 10.4 Å². The molecule has 0 aliphatic rings. The van der Waals surface area contributed by atoms with Crippen molar-refractivity contribution < 1.29 is 14.7 Å². The molecule has 0 saturated heterocycles. The summed E-state index contributed by atoms with van der Waals surface area (Å²) in [5.74, 6) is -2.57. The van der Waals surface area contributed by atoms with Crippen molar-refractivity contribution in [3.05, 3.63) is 60.2 Å². The molecule has 7 heteroatoms. The van der Waals surface area contributed by atoms with Crippen molar-refractivity contribution in [3.8, 4) is 0 Å². The lowest BCUT2D eigenvalue weighted by molar-refractivity contribution is -0.145. The Kier molecular flexibility index (Phi) is 5.67. The van der Waals surface area contributed by atoms with E-state index in [1.807, 2.05) is 54.6 Å². The van der Waals surface area contributed by atoms with Crippen LogP contribution in [-0.4, -0.2) is 27.7 Å². The second-order valence-corrected chi connectivity index (χ2v) is 7.65. The molecule has 0 radical (unpaired) electrons. The number of carbonyl (C=O) groups excluding carboxylic acids is 1. The highest BCUT2D eigenvalue weighted by molar-refractivity contribution is 8.01. The normalized spacial score (nSPS) is 12.0. The van der Waals surface area contributed by atoms with Crippen LogP contribution >= 0.6 is 23.1 Å². The van der Waals surface area contributed by atoms with E-state index in [-0.39, 0.29) is 5.75 Å². The summed E-state index contributed by atoms with van der Waals surface area (Å²) in [6.07, 6.45) is 0. The van der Waals surface area contributed by atoms with Crippen molar-refractivity contribution in [1.29, 1.82) is 0 Å². The maximum atomic E-state index is 12.2. The fraction of sp³-hybridized carbons (Fsp3) is 0.167. The number of hydrogen-bond donors (Lipinski definition) is 2. The highest BCUT2D eigenvalue weighted by Crippen LogP contribution is 2.30. The molecule has 5 nitrogen and oxygen atoms in total. The standard InChI is InChI=1S/C18H16N2O3S2/c21-16(19-10-12-6-2-1-3-7-12)13(17(22)23)11-24-18-20-14-8-4-5-9-15(14)25-18/h1-9,13H,10-11H2,(H,19,21)(H,22,23). The number of carbonyl (C=O) groups is 2. The molecule has 0 fully saturated rings. The van der Waals surface area contributed by atoms with Gasteiger partial charge in [-0.15, -0.1) is 11.3 Å². The number of fused-ring (bicyclic) bond motifs is 1. The Morgan fingerprint density at radius 2 is 1.84 bits per heavy atom. The van der Waals surface area contributed by atoms with Crippen LogP contribution in [0.15, 0.2) is 58.9 Å². The molecule has 1 heterocycles. The van der Waals surface area contributed by atoms with Crippen LogP contribution in [0.3, 0.4) is 0 Å². The van der Waals surface area contributed by atoms with Gasteiger partial charge in [0.25, 0.3) is 0 Å². The first-order valence-electron chi connectivity index (χ1n) is 7.66. The number of nitrogens with one attached hydrogen (secondary N) is 1. The summed E-state index contributed by atoms with van der Waals surface area (Å²) in [5, 5.41) is 12.1. The molecule has 0 spiro atoms. The van der Waals surface area contributed by atoms with Gasteiger partial charge >= 0.3 is 5.97 Å². The lowest BCUT2D eigenvalue weighted by atomic mass is 10.1. The fourth-order valence-electron chi connectivity index (χ4n) is 2.23. The minimum atomic E-state index is -1.13. The number of thiazole rings is 1. The Hall–Kier alpha value is -2.38. The molecule has 1 amide bonds. The molecule has 0 bridgehead atoms. The lowest BCUT2D eigenvalue weighted by Crippen LogP contribution is -2.36. The number of aromatic nitrogens is 1. The Morgan fingerprint density at radius 1 is 1.12 bits per heavy atom. The fourth-order valence-corrected chi connectivity index (χ4v) is 4.41. The Bertz CT molecular complexity index is 847. The summed E-state index contributed by atoms with van der Waals surface area (Å²) in [5.41, 5.74) is 1.81. The lowest BCUT2D eigenvalue weighted by Gasteiger charge is -2.12. The number of aliphatic carboxylic acids is 1. The van der Waals surface area contributed by atoms with Crippen molar-refractivity contribution >= 4 is 45.2 Å². The van der Waals surface area contributed by atoms with Crippen molar-refractivity contribution in [2.24, 2.45) is 5.92 Å². The van der Waals surface area contributed by atoms with E-state index in [0.717, 1.165) is 20.1 Å². The van der Waals surface area contributed by atoms with Crippen LogP contribution in [0.2, 0.25) is 0 Å². The molecule has 0 aliphatic carbocycles. The number of carboxylic acid groups (broad SMARTS) is 1. The van der Waals surface area contributed by atoms with E-state index in [0.29, 0.717) is 6.54 Å². The van der Waals surface area contributed by atoms with Crippen molar-refractivity contribution in [3.63, 3.8) is 0 Å². The van der Waals surface area contributed by atoms with Gasteiger partial charge in [-0.05, 0) is 17.7 Å².